The van der Waals surface area contributed by atoms with Gasteiger partial charge in [0.2, 0.25) is 5.91 Å². The van der Waals surface area contributed by atoms with Crippen LogP contribution in [0, 0.1) is 5.82 Å². The third-order valence-electron chi connectivity index (χ3n) is 5.65. The molecule has 34 heavy (non-hydrogen) atoms. The van der Waals surface area contributed by atoms with Gasteiger partial charge in [0.25, 0.3) is 0 Å². The van der Waals surface area contributed by atoms with Gasteiger partial charge in [-0.2, -0.15) is 0 Å². The Kier molecular flexibility index (Phi) is 5.79. The molecule has 3 aromatic carbocycles. The molecule has 0 saturated heterocycles. The number of methoxy groups -OCH3 is 1. The number of hydrogen-bond donors (Lipinski definition) is 2. The molecule has 0 bridgehead atoms. The number of amides is 1. The summed E-state index contributed by atoms with van der Waals surface area (Å²) in [6.07, 6.45) is 3.08. The molecule has 5 aromatic rings. The van der Waals surface area contributed by atoms with Crippen LogP contribution >= 0.6 is 0 Å². The van der Waals surface area contributed by atoms with E-state index in [9.17, 15) is 9.18 Å². The van der Waals surface area contributed by atoms with E-state index in [1.165, 1.54) is 18.2 Å². The second kappa shape index (κ2) is 9.19. The van der Waals surface area contributed by atoms with E-state index < -0.39 is 0 Å². The van der Waals surface area contributed by atoms with Crippen LogP contribution in [0.15, 0.2) is 84.9 Å². The van der Waals surface area contributed by atoms with Gasteiger partial charge < -0.3 is 15.0 Å². The van der Waals surface area contributed by atoms with Crippen molar-refractivity contribution in [3.05, 3.63) is 102 Å². The second-order valence-corrected chi connectivity index (χ2v) is 7.89. The molecule has 2 N–H and O–H groups in total. The highest BCUT2D eigenvalue weighted by Gasteiger charge is 2.14. The van der Waals surface area contributed by atoms with Crippen molar-refractivity contribution < 1.29 is 13.9 Å². The number of halogens is 1. The smallest absolute Gasteiger partial charge is 0.244 e. The largest absolute Gasteiger partial charge is 0.497 e. The van der Waals surface area contributed by atoms with Crippen LogP contribution in [0.25, 0.3) is 39.1 Å². The summed E-state index contributed by atoms with van der Waals surface area (Å²) < 4.78 is 18.3. The zero-order valence-electron chi connectivity index (χ0n) is 18.5. The quantitative estimate of drug-likeness (QED) is 0.318. The summed E-state index contributed by atoms with van der Waals surface area (Å²) >= 11 is 0. The van der Waals surface area contributed by atoms with Crippen molar-refractivity contribution in [3.63, 3.8) is 0 Å². The first kappa shape index (κ1) is 21.4. The summed E-state index contributed by atoms with van der Waals surface area (Å²) in [6, 6.07) is 23.8. The van der Waals surface area contributed by atoms with Gasteiger partial charge in [-0.25, -0.2) is 9.37 Å². The maximum Gasteiger partial charge on any atom is 0.244 e. The Morgan fingerprint density at radius 1 is 1.03 bits per heavy atom. The predicted octanol–water partition coefficient (Wildman–Crippen LogP) is 5.86. The number of ether oxygens (including phenoxy) is 1. The Morgan fingerprint density at radius 3 is 2.56 bits per heavy atom. The van der Waals surface area contributed by atoms with Crippen molar-refractivity contribution in [1.82, 2.24) is 15.3 Å². The van der Waals surface area contributed by atoms with Gasteiger partial charge in [0.1, 0.15) is 11.6 Å². The van der Waals surface area contributed by atoms with Crippen LogP contribution in [0.4, 0.5) is 4.39 Å². The number of aromatic nitrogens is 2. The molecule has 0 aliphatic carbocycles. The molecule has 5 rings (SSSR count). The fourth-order valence-corrected chi connectivity index (χ4v) is 3.93. The van der Waals surface area contributed by atoms with E-state index in [4.69, 9.17) is 9.72 Å². The van der Waals surface area contributed by atoms with Crippen LogP contribution in [0.3, 0.4) is 0 Å². The number of carbonyl (C=O) groups is 1. The predicted molar refractivity (Wildman–Crippen MR) is 133 cm³/mol. The molecule has 2 heterocycles. The maximum atomic E-state index is 13.1. The van der Waals surface area contributed by atoms with Crippen molar-refractivity contribution in [3.8, 4) is 17.0 Å². The summed E-state index contributed by atoms with van der Waals surface area (Å²) in [6.45, 7) is 0.269. The van der Waals surface area contributed by atoms with E-state index in [-0.39, 0.29) is 18.3 Å². The number of benzene rings is 3. The van der Waals surface area contributed by atoms with E-state index >= 15 is 0 Å². The average Bonchev–Trinajstić information content (AvgIpc) is 3.25. The van der Waals surface area contributed by atoms with Gasteiger partial charge >= 0.3 is 0 Å². The van der Waals surface area contributed by atoms with Crippen molar-refractivity contribution in [2.24, 2.45) is 0 Å². The Bertz CT molecular complexity index is 1500. The van der Waals surface area contributed by atoms with Crippen molar-refractivity contribution in [2.75, 3.05) is 7.11 Å². The van der Waals surface area contributed by atoms with Gasteiger partial charge in [0.15, 0.2) is 0 Å². The van der Waals surface area contributed by atoms with Crippen molar-refractivity contribution >= 4 is 33.8 Å². The van der Waals surface area contributed by atoms with Gasteiger partial charge in [0, 0.05) is 27.9 Å². The first-order valence-electron chi connectivity index (χ1n) is 10.9. The lowest BCUT2D eigenvalue weighted by molar-refractivity contribution is -0.116. The lowest BCUT2D eigenvalue weighted by atomic mass is 10.1. The van der Waals surface area contributed by atoms with Crippen LogP contribution in [0.2, 0.25) is 0 Å². The van der Waals surface area contributed by atoms with Crippen LogP contribution in [-0.2, 0) is 11.3 Å². The lowest BCUT2D eigenvalue weighted by Crippen LogP contribution is -2.21. The van der Waals surface area contributed by atoms with Gasteiger partial charge in [-0.15, -0.1) is 0 Å². The van der Waals surface area contributed by atoms with E-state index in [1.807, 2.05) is 48.5 Å². The van der Waals surface area contributed by atoms with Gasteiger partial charge in [-0.05, 0) is 60.2 Å². The molecule has 2 aromatic heterocycles. The lowest BCUT2D eigenvalue weighted by Gasteiger charge is -2.09. The molecule has 5 nitrogen and oxygen atoms in total. The summed E-state index contributed by atoms with van der Waals surface area (Å²) in [5, 5.41) is 5.03. The zero-order valence-corrected chi connectivity index (χ0v) is 18.5. The Balaban J connectivity index is 1.46. The molecule has 0 saturated carbocycles. The summed E-state index contributed by atoms with van der Waals surface area (Å²) in [5.74, 6) is 0.206. The molecule has 0 unspecified atom stereocenters. The van der Waals surface area contributed by atoms with Crippen molar-refractivity contribution in [2.45, 2.75) is 6.54 Å². The summed E-state index contributed by atoms with van der Waals surface area (Å²) in [4.78, 5) is 20.7. The number of hydrogen-bond acceptors (Lipinski definition) is 3. The number of para-hydroxylation sites is 1. The van der Waals surface area contributed by atoms with Crippen LogP contribution < -0.4 is 10.1 Å². The SMILES string of the molecule is COc1ccc(-c2nc(CNC(=O)/C=C/c3ccc(F)cc3)cc3c2[nH]c2ccccc23)cc1. The fraction of sp³-hybridized carbons (Fsp3) is 0.0714. The Labute approximate surface area is 195 Å². The number of aromatic amines is 1. The van der Waals surface area contributed by atoms with Crippen LogP contribution in [-0.4, -0.2) is 23.0 Å². The molecule has 0 spiro atoms. The molecule has 1 amide bonds. The third kappa shape index (κ3) is 4.38. The van der Waals surface area contributed by atoms with E-state index in [2.05, 4.69) is 16.4 Å². The van der Waals surface area contributed by atoms with E-state index in [0.29, 0.717) is 0 Å². The minimum absolute atomic E-state index is 0.254. The first-order valence-corrected chi connectivity index (χ1v) is 10.9. The minimum Gasteiger partial charge on any atom is -0.497 e. The highest BCUT2D eigenvalue weighted by atomic mass is 19.1. The topological polar surface area (TPSA) is 67.0 Å². The number of H-pyrrole nitrogens is 1. The molecule has 0 radical (unpaired) electrons. The molecule has 168 valence electrons. The van der Waals surface area contributed by atoms with E-state index in [0.717, 1.165) is 50.1 Å². The molecule has 6 heteroatoms. The van der Waals surface area contributed by atoms with E-state index in [1.54, 1.807) is 25.3 Å². The van der Waals surface area contributed by atoms with Crippen LogP contribution in [0.5, 0.6) is 5.75 Å². The normalized spacial score (nSPS) is 11.4. The number of fused-ring (bicyclic) bond motifs is 3. The molecule has 0 atom stereocenters. The Hall–Kier alpha value is -4.45. The number of nitrogens with zero attached hydrogens (tertiary/aromatic N) is 1. The standard InChI is InChI=1S/C28H22FN3O2/c1-34-22-13-9-19(10-14-22)27-28-24(23-4-2-3-5-25(23)32-28)16-21(31-27)17-30-26(33)15-8-18-6-11-20(29)12-7-18/h2-16,32H,17H2,1H3,(H,30,33)/b15-8+. The highest BCUT2D eigenvalue weighted by Crippen LogP contribution is 2.33. The number of rotatable bonds is 6. The highest BCUT2D eigenvalue weighted by molar-refractivity contribution is 6.11. The summed E-state index contributed by atoms with van der Waals surface area (Å²) in [5.41, 5.74) is 5.21. The molecular weight excluding hydrogens is 429 g/mol. The molecule has 0 aliphatic heterocycles. The van der Waals surface area contributed by atoms with Gasteiger partial charge in [0.05, 0.1) is 30.6 Å². The molecule has 0 aliphatic rings. The van der Waals surface area contributed by atoms with Crippen LogP contribution in [0.1, 0.15) is 11.3 Å². The first-order chi connectivity index (χ1) is 16.6. The summed E-state index contributed by atoms with van der Waals surface area (Å²) in [7, 11) is 1.64. The fourth-order valence-electron chi connectivity index (χ4n) is 3.93. The monoisotopic (exact) mass is 451 g/mol. The second-order valence-electron chi connectivity index (χ2n) is 7.89. The molecule has 0 fully saturated rings. The third-order valence-corrected chi connectivity index (χ3v) is 5.65. The number of nitrogens with one attached hydrogen (secondary N) is 2. The van der Waals surface area contributed by atoms with Gasteiger partial charge in [-0.1, -0.05) is 30.3 Å². The zero-order chi connectivity index (χ0) is 23.5. The number of pyridine rings is 1. The average molecular weight is 452 g/mol. The maximum absolute atomic E-state index is 13.1. The minimum atomic E-state index is -0.312. The number of carbonyl (C=O) groups excluding carboxylic acids is 1. The Morgan fingerprint density at radius 2 is 1.79 bits per heavy atom. The van der Waals surface area contributed by atoms with Crippen molar-refractivity contribution in [1.29, 1.82) is 0 Å². The molecular formula is C28H22FN3O2. The van der Waals surface area contributed by atoms with Gasteiger partial charge in [-0.3, -0.25) is 4.79 Å².